The highest BCUT2D eigenvalue weighted by atomic mass is 19.4. The summed E-state index contributed by atoms with van der Waals surface area (Å²) in [5.74, 6) is -1.04. The molecule has 1 aromatic carbocycles. The first kappa shape index (κ1) is 11.8. The van der Waals surface area contributed by atoms with Crippen molar-refractivity contribution in [3.05, 3.63) is 29.3 Å². The second kappa shape index (κ2) is 3.96. The van der Waals surface area contributed by atoms with E-state index in [-0.39, 0.29) is 18.7 Å². The van der Waals surface area contributed by atoms with Crippen molar-refractivity contribution in [2.24, 2.45) is 4.99 Å². The Kier molecular flexibility index (Phi) is 2.74. The third-order valence-corrected chi connectivity index (χ3v) is 2.44. The number of carbonyl (C=O) groups is 1. The van der Waals surface area contributed by atoms with Gasteiger partial charge in [-0.15, -0.1) is 0 Å². The van der Waals surface area contributed by atoms with E-state index in [0.717, 1.165) is 0 Å². The number of nitrogens with zero attached hydrogens (tertiary/aromatic N) is 1. The lowest BCUT2D eigenvalue weighted by Gasteiger charge is -2.16. The van der Waals surface area contributed by atoms with E-state index in [4.69, 9.17) is 5.11 Å². The maximum Gasteiger partial charge on any atom is 0.436 e. The molecule has 90 valence electrons. The summed E-state index contributed by atoms with van der Waals surface area (Å²) in [5.41, 5.74) is -0.271. The summed E-state index contributed by atoms with van der Waals surface area (Å²) in [6, 6.07) is 4.34. The lowest BCUT2D eigenvalue weighted by atomic mass is 9.98. The smallest absolute Gasteiger partial charge is 0.392 e. The lowest BCUT2D eigenvalue weighted by Crippen LogP contribution is -2.34. The molecular formula is C11H8F3NO2. The highest BCUT2D eigenvalue weighted by Crippen LogP contribution is 2.30. The molecule has 0 fully saturated rings. The molecule has 2 rings (SSSR count). The highest BCUT2D eigenvalue weighted by Gasteiger charge is 2.42. The number of aliphatic imine (C=N–C) groups is 1. The molecule has 0 atom stereocenters. The Labute approximate surface area is 94.6 Å². The van der Waals surface area contributed by atoms with E-state index in [1.807, 2.05) is 0 Å². The summed E-state index contributed by atoms with van der Waals surface area (Å²) in [7, 11) is 0. The normalized spacial score (nSPS) is 15.5. The zero-order chi connectivity index (χ0) is 12.6. The molecule has 6 heteroatoms. The number of fused-ring (bicyclic) bond motifs is 1. The van der Waals surface area contributed by atoms with E-state index in [1.165, 1.54) is 18.2 Å². The van der Waals surface area contributed by atoms with Crippen molar-refractivity contribution in [1.29, 1.82) is 0 Å². The predicted molar refractivity (Wildman–Crippen MR) is 54.2 cm³/mol. The van der Waals surface area contributed by atoms with Crippen LogP contribution < -0.4 is 0 Å². The van der Waals surface area contributed by atoms with E-state index in [1.54, 1.807) is 0 Å². The molecule has 0 radical (unpaired) electrons. The van der Waals surface area contributed by atoms with Crippen LogP contribution in [0.1, 0.15) is 11.1 Å². The van der Waals surface area contributed by atoms with Crippen LogP contribution in [0.4, 0.5) is 18.9 Å². The van der Waals surface area contributed by atoms with Gasteiger partial charge in [-0.25, -0.2) is 4.99 Å². The van der Waals surface area contributed by atoms with Crippen LogP contribution >= 0.6 is 0 Å². The molecule has 0 saturated heterocycles. The number of hydrogen-bond acceptors (Lipinski definition) is 3. The largest absolute Gasteiger partial charge is 0.436 e. The van der Waals surface area contributed by atoms with Crippen LogP contribution in [-0.4, -0.2) is 22.8 Å². The maximum atomic E-state index is 12.4. The number of halogens is 3. The summed E-state index contributed by atoms with van der Waals surface area (Å²) in [6.07, 6.45) is -5.05. The van der Waals surface area contributed by atoms with Gasteiger partial charge in [-0.05, 0) is 17.2 Å². The van der Waals surface area contributed by atoms with Gasteiger partial charge in [0, 0.05) is 6.42 Å². The molecule has 1 heterocycles. The molecule has 1 aromatic rings. The van der Waals surface area contributed by atoms with Gasteiger partial charge in [-0.1, -0.05) is 12.1 Å². The quantitative estimate of drug-likeness (QED) is 0.819. The Hall–Kier alpha value is -1.69. The number of aliphatic hydroxyl groups excluding tert-OH is 1. The van der Waals surface area contributed by atoms with Crippen molar-refractivity contribution in [3.8, 4) is 0 Å². The SMILES string of the molecule is O=C1Cc2cc(CO)ccc2N=C1C(F)(F)F. The van der Waals surface area contributed by atoms with Crippen molar-refractivity contribution in [3.63, 3.8) is 0 Å². The van der Waals surface area contributed by atoms with Gasteiger partial charge in [0.1, 0.15) is 0 Å². The van der Waals surface area contributed by atoms with E-state index in [9.17, 15) is 18.0 Å². The lowest BCUT2D eigenvalue weighted by molar-refractivity contribution is -0.116. The van der Waals surface area contributed by atoms with Gasteiger partial charge in [-0.2, -0.15) is 13.2 Å². The summed E-state index contributed by atoms with van der Waals surface area (Å²) in [4.78, 5) is 14.6. The van der Waals surface area contributed by atoms with Crippen LogP contribution in [0.15, 0.2) is 23.2 Å². The fraction of sp³-hybridized carbons (Fsp3) is 0.273. The Morgan fingerprint density at radius 2 is 2.06 bits per heavy atom. The Bertz CT molecular complexity index is 506. The molecule has 0 aliphatic carbocycles. The Morgan fingerprint density at radius 3 is 2.65 bits per heavy atom. The molecular weight excluding hydrogens is 235 g/mol. The van der Waals surface area contributed by atoms with Crippen LogP contribution in [0.5, 0.6) is 0 Å². The van der Waals surface area contributed by atoms with Crippen LogP contribution in [0.2, 0.25) is 0 Å². The van der Waals surface area contributed by atoms with Crippen molar-refractivity contribution >= 4 is 17.2 Å². The average Bonchev–Trinajstić information content (AvgIpc) is 2.25. The van der Waals surface area contributed by atoms with Crippen molar-refractivity contribution in [1.82, 2.24) is 0 Å². The van der Waals surface area contributed by atoms with E-state index in [2.05, 4.69) is 4.99 Å². The minimum atomic E-state index is -4.72. The summed E-state index contributed by atoms with van der Waals surface area (Å²) in [6.45, 7) is -0.225. The molecule has 3 nitrogen and oxygen atoms in total. The van der Waals surface area contributed by atoms with Crippen molar-refractivity contribution < 1.29 is 23.1 Å². The second-order valence-electron chi connectivity index (χ2n) is 3.68. The van der Waals surface area contributed by atoms with Gasteiger partial charge in [0.05, 0.1) is 12.3 Å². The number of aliphatic hydroxyl groups is 1. The molecule has 0 unspecified atom stereocenters. The van der Waals surface area contributed by atoms with Crippen LogP contribution in [0.25, 0.3) is 0 Å². The first-order chi connectivity index (χ1) is 7.91. The monoisotopic (exact) mass is 243 g/mol. The topological polar surface area (TPSA) is 49.7 Å². The van der Waals surface area contributed by atoms with Gasteiger partial charge in [0.2, 0.25) is 0 Å². The minimum Gasteiger partial charge on any atom is -0.392 e. The van der Waals surface area contributed by atoms with Crippen LogP contribution in [0, 0.1) is 0 Å². The third kappa shape index (κ3) is 2.21. The van der Waals surface area contributed by atoms with Gasteiger partial charge in [0.15, 0.2) is 11.5 Å². The number of benzene rings is 1. The van der Waals surface area contributed by atoms with Gasteiger partial charge < -0.3 is 5.11 Å². The highest BCUT2D eigenvalue weighted by molar-refractivity contribution is 6.43. The Balaban J connectivity index is 2.49. The van der Waals surface area contributed by atoms with E-state index in [0.29, 0.717) is 11.1 Å². The summed E-state index contributed by atoms with van der Waals surface area (Å²) in [5, 5.41) is 8.89. The second-order valence-corrected chi connectivity index (χ2v) is 3.68. The molecule has 17 heavy (non-hydrogen) atoms. The first-order valence-electron chi connectivity index (χ1n) is 4.83. The Morgan fingerprint density at radius 1 is 1.35 bits per heavy atom. The summed E-state index contributed by atoms with van der Waals surface area (Å²) >= 11 is 0. The number of alkyl halides is 3. The summed E-state index contributed by atoms with van der Waals surface area (Å²) < 4.78 is 37.3. The molecule has 0 spiro atoms. The fourth-order valence-electron chi connectivity index (χ4n) is 1.65. The molecule has 1 N–H and O–H groups in total. The zero-order valence-corrected chi connectivity index (χ0v) is 8.58. The number of ketones is 1. The number of hydrogen-bond donors (Lipinski definition) is 1. The number of Topliss-reactive ketones (excluding diaryl/α,β-unsaturated/α-hetero) is 1. The zero-order valence-electron chi connectivity index (χ0n) is 8.58. The number of carbonyl (C=O) groups excluding carboxylic acids is 1. The van der Waals surface area contributed by atoms with E-state index < -0.39 is 17.7 Å². The predicted octanol–water partition coefficient (Wildman–Crippen LogP) is 1.94. The van der Waals surface area contributed by atoms with Crippen LogP contribution in [-0.2, 0) is 17.8 Å². The molecule has 0 bridgehead atoms. The van der Waals surface area contributed by atoms with Crippen LogP contribution in [0.3, 0.4) is 0 Å². The molecule has 0 aromatic heterocycles. The molecule has 1 aliphatic heterocycles. The van der Waals surface area contributed by atoms with Crippen molar-refractivity contribution in [2.45, 2.75) is 19.2 Å². The van der Waals surface area contributed by atoms with Gasteiger partial charge in [-0.3, -0.25) is 4.79 Å². The first-order valence-corrected chi connectivity index (χ1v) is 4.83. The molecule has 1 aliphatic rings. The average molecular weight is 243 g/mol. The van der Waals surface area contributed by atoms with E-state index >= 15 is 0 Å². The molecule has 0 saturated carbocycles. The third-order valence-electron chi connectivity index (χ3n) is 2.44. The minimum absolute atomic E-state index is 0.133. The maximum absolute atomic E-state index is 12.4. The van der Waals surface area contributed by atoms with Gasteiger partial charge >= 0.3 is 6.18 Å². The van der Waals surface area contributed by atoms with Gasteiger partial charge in [0.25, 0.3) is 0 Å². The fourth-order valence-corrected chi connectivity index (χ4v) is 1.65. The standard InChI is InChI=1S/C11H8F3NO2/c12-11(13,14)10-9(17)4-7-3-6(5-16)1-2-8(7)15-10/h1-3,16H,4-5H2. The van der Waals surface area contributed by atoms with Crippen molar-refractivity contribution in [2.75, 3.05) is 0 Å². The number of rotatable bonds is 1. The molecule has 0 amide bonds.